The zero-order valence-electron chi connectivity index (χ0n) is 11.7. The van der Waals surface area contributed by atoms with Crippen molar-refractivity contribution in [1.29, 1.82) is 0 Å². The molecule has 3 rings (SSSR count). The van der Waals surface area contributed by atoms with Gasteiger partial charge in [-0.3, -0.25) is 9.69 Å². The van der Waals surface area contributed by atoms with Crippen LogP contribution in [0.1, 0.15) is 30.9 Å². The molecule has 3 heterocycles. The molecule has 7 heteroatoms. The summed E-state index contributed by atoms with van der Waals surface area (Å²) in [5.74, 6) is 1.60. The van der Waals surface area contributed by atoms with Crippen LogP contribution < -0.4 is 0 Å². The first-order valence-corrected chi connectivity index (χ1v) is 7.30. The van der Waals surface area contributed by atoms with Gasteiger partial charge in [0.05, 0.1) is 13.1 Å². The molecule has 1 fully saturated rings. The number of rotatable bonds is 3. The fourth-order valence-electron chi connectivity index (χ4n) is 2.99. The number of hydrogen-bond donors (Lipinski definition) is 1. The number of carbonyl (C=O) groups excluding carboxylic acids is 1. The van der Waals surface area contributed by atoms with Crippen LogP contribution in [0.15, 0.2) is 0 Å². The van der Waals surface area contributed by atoms with E-state index in [0.29, 0.717) is 13.1 Å². The molecule has 0 radical (unpaired) electrons. The SMILES string of the molecule is O=C(CO)N1CCCn2c(CN3CCCC3)nnc2C1. The van der Waals surface area contributed by atoms with E-state index in [0.717, 1.165) is 44.2 Å². The zero-order valence-corrected chi connectivity index (χ0v) is 11.7. The topological polar surface area (TPSA) is 74.5 Å². The van der Waals surface area contributed by atoms with E-state index in [1.807, 2.05) is 0 Å². The summed E-state index contributed by atoms with van der Waals surface area (Å²) in [5, 5.41) is 17.5. The number of carbonyl (C=O) groups is 1. The molecule has 0 aliphatic carbocycles. The van der Waals surface area contributed by atoms with Crippen LogP contribution in [0.3, 0.4) is 0 Å². The Hall–Kier alpha value is -1.47. The van der Waals surface area contributed by atoms with Gasteiger partial charge in [-0.2, -0.15) is 0 Å². The lowest BCUT2D eigenvalue weighted by Gasteiger charge is -2.17. The third-order valence-electron chi connectivity index (χ3n) is 4.10. The predicted molar refractivity (Wildman–Crippen MR) is 71.7 cm³/mol. The summed E-state index contributed by atoms with van der Waals surface area (Å²) >= 11 is 0. The smallest absolute Gasteiger partial charge is 0.248 e. The van der Waals surface area contributed by atoms with Crippen LogP contribution >= 0.6 is 0 Å². The molecule has 7 nitrogen and oxygen atoms in total. The minimum absolute atomic E-state index is 0.234. The Kier molecular flexibility index (Phi) is 3.98. The molecule has 0 saturated carbocycles. The Morgan fingerprint density at radius 2 is 1.90 bits per heavy atom. The second kappa shape index (κ2) is 5.88. The molecular weight excluding hydrogens is 258 g/mol. The normalized spacial score (nSPS) is 19.9. The van der Waals surface area contributed by atoms with E-state index < -0.39 is 6.61 Å². The quantitative estimate of drug-likeness (QED) is 0.815. The van der Waals surface area contributed by atoms with Crippen molar-refractivity contribution in [2.45, 2.75) is 38.9 Å². The highest BCUT2D eigenvalue weighted by atomic mass is 16.3. The van der Waals surface area contributed by atoms with Crippen LogP contribution in [0, 0.1) is 0 Å². The monoisotopic (exact) mass is 279 g/mol. The molecule has 2 aliphatic rings. The Bertz CT molecular complexity index is 481. The fourth-order valence-corrected chi connectivity index (χ4v) is 2.99. The second-order valence-corrected chi connectivity index (χ2v) is 5.49. The third-order valence-corrected chi connectivity index (χ3v) is 4.10. The Morgan fingerprint density at radius 3 is 2.65 bits per heavy atom. The van der Waals surface area contributed by atoms with Gasteiger partial charge in [0.25, 0.3) is 0 Å². The van der Waals surface area contributed by atoms with E-state index >= 15 is 0 Å². The highest BCUT2D eigenvalue weighted by Crippen LogP contribution is 2.16. The van der Waals surface area contributed by atoms with Crippen molar-refractivity contribution < 1.29 is 9.90 Å². The molecule has 1 aromatic rings. The minimum atomic E-state index is -0.436. The van der Waals surface area contributed by atoms with Crippen molar-refractivity contribution in [3.8, 4) is 0 Å². The number of fused-ring (bicyclic) bond motifs is 1. The number of nitrogens with zero attached hydrogens (tertiary/aromatic N) is 5. The molecule has 0 bridgehead atoms. The van der Waals surface area contributed by atoms with Gasteiger partial charge in [-0.25, -0.2) is 0 Å². The number of aliphatic hydroxyl groups excluding tert-OH is 1. The maximum Gasteiger partial charge on any atom is 0.248 e. The van der Waals surface area contributed by atoms with Gasteiger partial charge in [-0.1, -0.05) is 0 Å². The third kappa shape index (κ3) is 2.69. The lowest BCUT2D eigenvalue weighted by Crippen LogP contribution is -2.33. The second-order valence-electron chi connectivity index (χ2n) is 5.49. The van der Waals surface area contributed by atoms with Gasteiger partial charge in [0.2, 0.25) is 5.91 Å². The Morgan fingerprint density at radius 1 is 1.10 bits per heavy atom. The summed E-state index contributed by atoms with van der Waals surface area (Å²) in [6.45, 7) is 4.66. The number of hydrogen-bond acceptors (Lipinski definition) is 5. The molecule has 2 aliphatic heterocycles. The van der Waals surface area contributed by atoms with Gasteiger partial charge in [-0.15, -0.1) is 10.2 Å². The van der Waals surface area contributed by atoms with Crippen molar-refractivity contribution in [3.63, 3.8) is 0 Å². The van der Waals surface area contributed by atoms with Gasteiger partial charge in [0.1, 0.15) is 12.4 Å². The van der Waals surface area contributed by atoms with Crippen LogP contribution in [-0.2, 0) is 24.4 Å². The van der Waals surface area contributed by atoms with Gasteiger partial charge >= 0.3 is 0 Å². The van der Waals surface area contributed by atoms with Crippen molar-refractivity contribution in [2.24, 2.45) is 0 Å². The summed E-state index contributed by atoms with van der Waals surface area (Å²) in [7, 11) is 0. The maximum atomic E-state index is 11.6. The van der Waals surface area contributed by atoms with Gasteiger partial charge < -0.3 is 14.6 Å². The maximum absolute atomic E-state index is 11.6. The van der Waals surface area contributed by atoms with Crippen molar-refractivity contribution >= 4 is 5.91 Å². The molecule has 0 aromatic carbocycles. The first kappa shape index (κ1) is 13.5. The lowest BCUT2D eigenvalue weighted by molar-refractivity contribution is -0.134. The first-order valence-electron chi connectivity index (χ1n) is 7.30. The molecule has 110 valence electrons. The van der Waals surface area contributed by atoms with E-state index in [2.05, 4.69) is 19.7 Å². The largest absolute Gasteiger partial charge is 0.387 e. The minimum Gasteiger partial charge on any atom is -0.387 e. The molecule has 1 aromatic heterocycles. The molecule has 0 atom stereocenters. The Labute approximate surface area is 118 Å². The molecule has 0 unspecified atom stereocenters. The van der Waals surface area contributed by atoms with Gasteiger partial charge in [0.15, 0.2) is 5.82 Å². The summed E-state index contributed by atoms with van der Waals surface area (Å²) < 4.78 is 2.14. The number of aromatic nitrogens is 3. The zero-order chi connectivity index (χ0) is 13.9. The van der Waals surface area contributed by atoms with Crippen LogP contribution in [0.2, 0.25) is 0 Å². The van der Waals surface area contributed by atoms with E-state index in [1.165, 1.54) is 12.8 Å². The van der Waals surface area contributed by atoms with E-state index in [1.54, 1.807) is 4.90 Å². The van der Waals surface area contributed by atoms with E-state index in [4.69, 9.17) is 5.11 Å². The molecule has 1 N–H and O–H groups in total. The number of likely N-dealkylation sites (tertiary alicyclic amines) is 1. The highest BCUT2D eigenvalue weighted by Gasteiger charge is 2.23. The average Bonchev–Trinajstić information content (AvgIpc) is 3.04. The molecular formula is C13H21N5O2. The molecule has 0 spiro atoms. The molecule has 1 amide bonds. The van der Waals surface area contributed by atoms with E-state index in [9.17, 15) is 4.79 Å². The predicted octanol–water partition coefficient (Wildman–Crippen LogP) is -0.401. The van der Waals surface area contributed by atoms with Crippen molar-refractivity contribution in [1.82, 2.24) is 24.6 Å². The number of amides is 1. The highest BCUT2D eigenvalue weighted by molar-refractivity contribution is 5.77. The molecule has 20 heavy (non-hydrogen) atoms. The summed E-state index contributed by atoms with van der Waals surface area (Å²) in [6.07, 6.45) is 3.41. The Balaban J connectivity index is 1.74. The first-order chi connectivity index (χ1) is 9.78. The molecule has 1 saturated heterocycles. The van der Waals surface area contributed by atoms with Crippen LogP contribution in [0.25, 0.3) is 0 Å². The van der Waals surface area contributed by atoms with Gasteiger partial charge in [0, 0.05) is 13.1 Å². The summed E-state index contributed by atoms with van der Waals surface area (Å²) in [6, 6.07) is 0. The fraction of sp³-hybridized carbons (Fsp3) is 0.769. The van der Waals surface area contributed by atoms with Crippen LogP contribution in [0.5, 0.6) is 0 Å². The van der Waals surface area contributed by atoms with Gasteiger partial charge in [-0.05, 0) is 32.4 Å². The summed E-state index contributed by atoms with van der Waals surface area (Å²) in [5.41, 5.74) is 0. The van der Waals surface area contributed by atoms with Crippen LogP contribution in [0.4, 0.5) is 0 Å². The summed E-state index contributed by atoms with van der Waals surface area (Å²) in [4.78, 5) is 15.7. The lowest BCUT2D eigenvalue weighted by atomic mass is 10.4. The average molecular weight is 279 g/mol. The van der Waals surface area contributed by atoms with Crippen molar-refractivity contribution in [2.75, 3.05) is 26.2 Å². The van der Waals surface area contributed by atoms with E-state index in [-0.39, 0.29) is 5.91 Å². The van der Waals surface area contributed by atoms with Crippen molar-refractivity contribution in [3.05, 3.63) is 11.6 Å². The standard InChI is InChI=1S/C13H21N5O2/c19-10-13(20)17-6-3-7-18-11(14-15-12(18)9-17)8-16-4-1-2-5-16/h19H,1-10H2. The number of aliphatic hydroxyl groups is 1. The van der Waals surface area contributed by atoms with Crippen LogP contribution in [-0.4, -0.2) is 61.8 Å².